The van der Waals surface area contributed by atoms with Gasteiger partial charge in [0, 0.05) is 6.42 Å². The second kappa shape index (κ2) is 24.4. The smallest absolute Gasteiger partial charge is 0.220 e. The predicted molar refractivity (Wildman–Crippen MR) is 180 cm³/mol. The largest absolute Gasteiger partial charge is 0.394 e. The van der Waals surface area contributed by atoms with Gasteiger partial charge in [-0.15, -0.1) is 0 Å². The van der Waals surface area contributed by atoms with Gasteiger partial charge in [0.05, 0.1) is 32.0 Å². The van der Waals surface area contributed by atoms with Gasteiger partial charge >= 0.3 is 0 Å². The van der Waals surface area contributed by atoms with E-state index < -0.39 is 86.8 Å². The number of carbonyl (C=O) groups is 1. The number of hydrogen-bond donors (Lipinski definition) is 9. The van der Waals surface area contributed by atoms with Crippen LogP contribution in [0, 0.1) is 0 Å². The van der Waals surface area contributed by atoms with Crippen LogP contribution in [0.3, 0.4) is 0 Å². The molecule has 284 valence electrons. The van der Waals surface area contributed by atoms with E-state index in [0.717, 1.165) is 51.4 Å². The Balaban J connectivity index is 2.02. The maximum Gasteiger partial charge on any atom is 0.220 e. The molecule has 2 aliphatic rings. The molecule has 0 radical (unpaired) electrons. The zero-order chi connectivity index (χ0) is 36.2. The molecule has 2 rings (SSSR count). The quantitative estimate of drug-likeness (QED) is 0.0522. The number of aliphatic hydroxyl groups is 8. The molecule has 12 unspecified atom stereocenters. The Morgan fingerprint density at radius 3 is 1.96 bits per heavy atom. The first-order chi connectivity index (χ1) is 23.6. The lowest BCUT2D eigenvalue weighted by Gasteiger charge is -2.46. The molecule has 2 fully saturated rings. The molecule has 0 aliphatic carbocycles. The summed E-state index contributed by atoms with van der Waals surface area (Å²) in [6.07, 6.45) is 4.28. The van der Waals surface area contributed by atoms with Crippen LogP contribution in [0.4, 0.5) is 0 Å². The Bertz CT molecular complexity index is 977. The number of carbonyl (C=O) groups excluding carboxylic acids is 1. The summed E-state index contributed by atoms with van der Waals surface area (Å²) in [5.74, 6) is -0.274. The summed E-state index contributed by atoms with van der Waals surface area (Å²) in [5, 5.41) is 85.5. The van der Waals surface area contributed by atoms with Gasteiger partial charge in [0.1, 0.15) is 48.8 Å². The van der Waals surface area contributed by atoms with Crippen molar-refractivity contribution in [2.45, 2.75) is 158 Å². The van der Waals surface area contributed by atoms with Crippen molar-refractivity contribution < 1.29 is 64.6 Å². The first kappa shape index (κ1) is 43.4. The van der Waals surface area contributed by atoms with Gasteiger partial charge in [-0.25, -0.2) is 0 Å². The Hall–Kier alpha value is -1.79. The first-order valence-corrected chi connectivity index (χ1v) is 17.7. The first-order valence-electron chi connectivity index (χ1n) is 17.7. The predicted octanol–water partition coefficient (Wildman–Crippen LogP) is 0.472. The summed E-state index contributed by atoms with van der Waals surface area (Å²) >= 11 is 0. The minimum atomic E-state index is -1.79. The van der Waals surface area contributed by atoms with E-state index in [0.29, 0.717) is 12.8 Å². The number of aliphatic hydroxyl groups excluding tert-OH is 8. The van der Waals surface area contributed by atoms with Gasteiger partial charge in [-0.2, -0.15) is 0 Å². The average molecular weight is 704 g/mol. The normalized spacial score (nSPS) is 32.3. The van der Waals surface area contributed by atoms with Crippen molar-refractivity contribution in [2.75, 3.05) is 19.8 Å². The topological polar surface area (TPSA) is 228 Å². The van der Waals surface area contributed by atoms with Crippen LogP contribution in [0.2, 0.25) is 0 Å². The molecule has 12 atom stereocenters. The zero-order valence-electron chi connectivity index (χ0n) is 28.9. The molecule has 2 heterocycles. The number of nitrogens with one attached hydrogen (secondary N) is 1. The van der Waals surface area contributed by atoms with E-state index in [2.05, 4.69) is 43.5 Å². The Kier molecular flexibility index (Phi) is 21.6. The third-order valence-electron chi connectivity index (χ3n) is 8.57. The lowest BCUT2D eigenvalue weighted by Crippen LogP contribution is -2.65. The highest BCUT2D eigenvalue weighted by atomic mass is 16.7. The summed E-state index contributed by atoms with van der Waals surface area (Å²) < 4.78 is 22.4. The van der Waals surface area contributed by atoms with E-state index in [1.54, 1.807) is 6.08 Å². The fraction of sp³-hybridized carbons (Fsp3) is 0.800. The maximum atomic E-state index is 12.8. The molecule has 2 saturated heterocycles. The minimum absolute atomic E-state index is 0.264. The molecule has 0 saturated carbocycles. The van der Waals surface area contributed by atoms with Crippen LogP contribution >= 0.6 is 0 Å². The molecule has 0 aromatic rings. The molecule has 0 bridgehead atoms. The van der Waals surface area contributed by atoms with E-state index in [9.17, 15) is 45.6 Å². The van der Waals surface area contributed by atoms with Gasteiger partial charge < -0.3 is 65.1 Å². The highest BCUT2D eigenvalue weighted by Gasteiger charge is 2.50. The lowest BCUT2D eigenvalue weighted by molar-refractivity contribution is -0.359. The van der Waals surface area contributed by atoms with Crippen LogP contribution in [0.15, 0.2) is 36.5 Å². The molecule has 2 aliphatic heterocycles. The van der Waals surface area contributed by atoms with Crippen molar-refractivity contribution >= 4 is 5.91 Å². The standard InChI is InChI=1S/C35H61NO13/c1-3-5-7-9-10-11-12-13-15-16-18-24(39)23(36-27(40)19-17-14-8-6-4-2)22-46-34-32(45)30(43)33(26(21-38)48-34)49-35-31(44)29(42)28(41)25(20-37)47-35/h5,7,11-12,16,18,23-26,28-35,37-39,41-45H,3-4,6,8-10,13-15,17,19-22H2,1-2H3,(H,36,40)/b7-5+,12-11+,18-16+. The highest BCUT2D eigenvalue weighted by molar-refractivity contribution is 5.76. The molecule has 14 heteroatoms. The average Bonchev–Trinajstić information content (AvgIpc) is 3.09. The van der Waals surface area contributed by atoms with E-state index in [4.69, 9.17) is 18.9 Å². The van der Waals surface area contributed by atoms with Crippen LogP contribution in [-0.2, 0) is 23.7 Å². The van der Waals surface area contributed by atoms with E-state index >= 15 is 0 Å². The Morgan fingerprint density at radius 2 is 1.33 bits per heavy atom. The van der Waals surface area contributed by atoms with Crippen LogP contribution < -0.4 is 5.32 Å². The minimum Gasteiger partial charge on any atom is -0.394 e. The molecule has 14 nitrogen and oxygen atoms in total. The van der Waals surface area contributed by atoms with Crippen molar-refractivity contribution in [2.24, 2.45) is 0 Å². The Labute approximate surface area is 290 Å². The third-order valence-corrected chi connectivity index (χ3v) is 8.57. The summed E-state index contributed by atoms with van der Waals surface area (Å²) in [4.78, 5) is 12.8. The molecule has 9 N–H and O–H groups in total. The van der Waals surface area contributed by atoms with Crippen LogP contribution in [0.25, 0.3) is 0 Å². The van der Waals surface area contributed by atoms with Crippen molar-refractivity contribution in [1.29, 1.82) is 0 Å². The number of allylic oxidation sites excluding steroid dienone is 5. The number of rotatable bonds is 23. The molecule has 49 heavy (non-hydrogen) atoms. The third kappa shape index (κ3) is 14.8. The summed E-state index contributed by atoms with van der Waals surface area (Å²) in [6.45, 7) is 2.46. The maximum absolute atomic E-state index is 12.8. The van der Waals surface area contributed by atoms with Crippen molar-refractivity contribution in [3.05, 3.63) is 36.5 Å². The van der Waals surface area contributed by atoms with Crippen LogP contribution in [0.1, 0.15) is 84.5 Å². The van der Waals surface area contributed by atoms with Crippen molar-refractivity contribution in [3.63, 3.8) is 0 Å². The highest BCUT2D eigenvalue weighted by Crippen LogP contribution is 2.29. The van der Waals surface area contributed by atoms with Gasteiger partial charge in [0.15, 0.2) is 12.6 Å². The number of hydrogen-bond acceptors (Lipinski definition) is 13. The van der Waals surface area contributed by atoms with Crippen LogP contribution in [0.5, 0.6) is 0 Å². The fourth-order valence-electron chi connectivity index (χ4n) is 5.56. The number of ether oxygens (including phenoxy) is 4. The number of amides is 1. The lowest BCUT2D eigenvalue weighted by atomic mass is 9.97. The second-order valence-corrected chi connectivity index (χ2v) is 12.6. The SMILES string of the molecule is CC/C=C/CC/C=C/CC/C=C/C(O)C(COC1OC(CO)C(OC2OC(CO)C(O)C(O)C2O)C(O)C1O)NC(=O)CCCCCCC. The number of unbranched alkanes of at least 4 members (excludes halogenated alkanes) is 6. The van der Waals surface area contributed by atoms with Gasteiger partial charge in [0.25, 0.3) is 0 Å². The van der Waals surface area contributed by atoms with Crippen molar-refractivity contribution in [3.8, 4) is 0 Å². The molecule has 0 aromatic heterocycles. The van der Waals surface area contributed by atoms with Gasteiger partial charge in [-0.3, -0.25) is 4.79 Å². The monoisotopic (exact) mass is 703 g/mol. The van der Waals surface area contributed by atoms with E-state index in [1.807, 2.05) is 6.08 Å². The van der Waals surface area contributed by atoms with E-state index in [1.165, 1.54) is 0 Å². The molecular formula is C35H61NO13. The van der Waals surface area contributed by atoms with Gasteiger partial charge in [-0.1, -0.05) is 76.0 Å². The van der Waals surface area contributed by atoms with Gasteiger partial charge in [0.2, 0.25) is 5.91 Å². The Morgan fingerprint density at radius 1 is 0.735 bits per heavy atom. The van der Waals surface area contributed by atoms with Crippen LogP contribution in [-0.4, -0.2) is 140 Å². The summed E-state index contributed by atoms with van der Waals surface area (Å²) in [5.41, 5.74) is 0. The zero-order valence-corrected chi connectivity index (χ0v) is 28.9. The molecule has 0 aromatic carbocycles. The molecule has 0 spiro atoms. The molecular weight excluding hydrogens is 642 g/mol. The molecule has 1 amide bonds. The summed E-state index contributed by atoms with van der Waals surface area (Å²) in [6, 6.07) is -0.927. The van der Waals surface area contributed by atoms with Crippen molar-refractivity contribution in [1.82, 2.24) is 5.32 Å². The fourth-order valence-corrected chi connectivity index (χ4v) is 5.56. The second-order valence-electron chi connectivity index (χ2n) is 12.6. The summed E-state index contributed by atoms with van der Waals surface area (Å²) in [7, 11) is 0. The van der Waals surface area contributed by atoms with E-state index in [-0.39, 0.29) is 18.9 Å². The van der Waals surface area contributed by atoms with Gasteiger partial charge in [-0.05, 0) is 38.5 Å².